The van der Waals surface area contributed by atoms with Crippen LogP contribution in [0.25, 0.3) is 0 Å². The quantitative estimate of drug-likeness (QED) is 0.711. The molecule has 2 aliphatic rings. The lowest BCUT2D eigenvalue weighted by atomic mass is 10.0. The Hall–Kier alpha value is -1.07. The van der Waals surface area contributed by atoms with E-state index in [1.807, 2.05) is 4.90 Å². The van der Waals surface area contributed by atoms with Crippen LogP contribution < -0.4 is 11.1 Å². The average molecular weight is 252 g/mol. The molecule has 5 heteroatoms. The minimum Gasteiger partial charge on any atom is -0.386 e. The summed E-state index contributed by atoms with van der Waals surface area (Å²) in [5, 5.41) is 3.41. The van der Waals surface area contributed by atoms with E-state index in [1.54, 1.807) is 0 Å². The predicted octanol–water partition coefficient (Wildman–Crippen LogP) is -0.255. The van der Waals surface area contributed by atoms with Crippen molar-refractivity contribution < 1.29 is 4.79 Å². The Morgan fingerprint density at radius 1 is 1.44 bits per heavy atom. The predicted molar refractivity (Wildman–Crippen MR) is 72.0 cm³/mol. The highest BCUT2D eigenvalue weighted by Gasteiger charge is 2.27. The molecule has 0 saturated carbocycles. The summed E-state index contributed by atoms with van der Waals surface area (Å²) in [6.07, 6.45) is 4.30. The molecule has 2 fully saturated rings. The maximum absolute atomic E-state index is 11.5. The number of hydrogen-bond acceptors (Lipinski definition) is 4. The Labute approximate surface area is 109 Å². The molecule has 5 nitrogen and oxygen atoms in total. The van der Waals surface area contributed by atoms with Crippen molar-refractivity contribution in [2.75, 3.05) is 39.3 Å². The van der Waals surface area contributed by atoms with Crippen molar-refractivity contribution in [3.63, 3.8) is 0 Å². The Bertz CT molecular complexity index is 321. The van der Waals surface area contributed by atoms with Crippen molar-refractivity contribution in [2.24, 2.45) is 5.73 Å². The topological polar surface area (TPSA) is 61.6 Å². The standard InChI is InChI=1S/C13H24N4O/c1-2-11-10-17(8-5-15-11)12-3-6-16(7-4-12)13(18)9-14/h2,12,15H,3-10,14H2,1H3/b11-2-. The van der Waals surface area contributed by atoms with Gasteiger partial charge in [-0.3, -0.25) is 9.69 Å². The molecule has 0 aromatic heterocycles. The number of carbonyl (C=O) groups excluding carboxylic acids is 1. The van der Waals surface area contributed by atoms with Gasteiger partial charge in [0.05, 0.1) is 6.54 Å². The number of nitrogens with one attached hydrogen (secondary N) is 1. The Morgan fingerprint density at radius 3 is 2.78 bits per heavy atom. The van der Waals surface area contributed by atoms with Crippen LogP contribution in [0.2, 0.25) is 0 Å². The minimum atomic E-state index is 0.0860. The van der Waals surface area contributed by atoms with Crippen LogP contribution in [-0.4, -0.2) is 61.0 Å². The molecular weight excluding hydrogens is 228 g/mol. The zero-order valence-electron chi connectivity index (χ0n) is 11.2. The van der Waals surface area contributed by atoms with E-state index in [4.69, 9.17) is 5.73 Å². The molecule has 0 aliphatic carbocycles. The van der Waals surface area contributed by atoms with Gasteiger partial charge in [-0.25, -0.2) is 0 Å². The van der Waals surface area contributed by atoms with E-state index in [-0.39, 0.29) is 12.5 Å². The van der Waals surface area contributed by atoms with Gasteiger partial charge in [-0.15, -0.1) is 0 Å². The van der Waals surface area contributed by atoms with Crippen molar-refractivity contribution in [1.82, 2.24) is 15.1 Å². The fraction of sp³-hybridized carbons (Fsp3) is 0.769. The second-order valence-corrected chi connectivity index (χ2v) is 5.03. The van der Waals surface area contributed by atoms with Gasteiger partial charge in [-0.1, -0.05) is 6.08 Å². The van der Waals surface area contributed by atoms with Gasteiger partial charge in [0.25, 0.3) is 0 Å². The highest BCUT2D eigenvalue weighted by Crippen LogP contribution is 2.18. The smallest absolute Gasteiger partial charge is 0.236 e. The highest BCUT2D eigenvalue weighted by molar-refractivity contribution is 5.78. The lowest BCUT2D eigenvalue weighted by Gasteiger charge is -2.41. The van der Waals surface area contributed by atoms with Crippen LogP contribution in [0.3, 0.4) is 0 Å². The third-order valence-corrected chi connectivity index (χ3v) is 3.98. The van der Waals surface area contributed by atoms with Crippen LogP contribution in [-0.2, 0) is 4.79 Å². The maximum Gasteiger partial charge on any atom is 0.236 e. The summed E-state index contributed by atoms with van der Waals surface area (Å²) < 4.78 is 0. The molecule has 102 valence electrons. The molecule has 0 unspecified atom stereocenters. The first-order chi connectivity index (χ1) is 8.74. The number of hydrogen-bond donors (Lipinski definition) is 2. The SMILES string of the molecule is C/C=C1/CN(C2CCN(C(=O)CN)CC2)CCN1. The van der Waals surface area contributed by atoms with Gasteiger partial charge >= 0.3 is 0 Å². The van der Waals surface area contributed by atoms with Gasteiger partial charge in [0.2, 0.25) is 5.91 Å². The van der Waals surface area contributed by atoms with E-state index in [0.29, 0.717) is 6.04 Å². The fourth-order valence-electron chi connectivity index (χ4n) is 2.83. The van der Waals surface area contributed by atoms with Crippen LogP contribution in [0.5, 0.6) is 0 Å². The third-order valence-electron chi connectivity index (χ3n) is 3.98. The molecule has 0 aromatic carbocycles. The number of carbonyl (C=O) groups is 1. The van der Waals surface area contributed by atoms with Crippen LogP contribution in [0, 0.1) is 0 Å². The number of amides is 1. The molecule has 2 saturated heterocycles. The van der Waals surface area contributed by atoms with E-state index in [2.05, 4.69) is 23.2 Å². The number of rotatable bonds is 2. The fourth-order valence-corrected chi connectivity index (χ4v) is 2.83. The van der Waals surface area contributed by atoms with Crippen molar-refractivity contribution in [2.45, 2.75) is 25.8 Å². The molecule has 0 radical (unpaired) electrons. The normalized spacial score (nSPS) is 25.2. The summed E-state index contributed by atoms with van der Waals surface area (Å²) in [5.74, 6) is 0.0860. The minimum absolute atomic E-state index is 0.0860. The monoisotopic (exact) mass is 252 g/mol. The molecule has 0 aromatic rings. The van der Waals surface area contributed by atoms with Crippen LogP contribution in [0.1, 0.15) is 19.8 Å². The number of allylic oxidation sites excluding steroid dienone is 1. The van der Waals surface area contributed by atoms with Crippen LogP contribution in [0.4, 0.5) is 0 Å². The van der Waals surface area contributed by atoms with Gasteiger partial charge in [0, 0.05) is 44.5 Å². The lowest BCUT2D eigenvalue weighted by Crippen LogP contribution is -2.52. The molecule has 2 rings (SSSR count). The van der Waals surface area contributed by atoms with Gasteiger partial charge in [-0.05, 0) is 19.8 Å². The van der Waals surface area contributed by atoms with Gasteiger partial charge in [0.1, 0.15) is 0 Å². The summed E-state index contributed by atoms with van der Waals surface area (Å²) in [4.78, 5) is 16.0. The van der Waals surface area contributed by atoms with E-state index in [9.17, 15) is 4.79 Å². The van der Waals surface area contributed by atoms with Crippen molar-refractivity contribution in [3.05, 3.63) is 11.8 Å². The third kappa shape index (κ3) is 3.03. The van der Waals surface area contributed by atoms with Gasteiger partial charge in [0.15, 0.2) is 0 Å². The van der Waals surface area contributed by atoms with Crippen LogP contribution in [0.15, 0.2) is 11.8 Å². The van der Waals surface area contributed by atoms with E-state index < -0.39 is 0 Å². The van der Waals surface area contributed by atoms with E-state index in [1.165, 1.54) is 5.70 Å². The summed E-state index contributed by atoms with van der Waals surface area (Å²) >= 11 is 0. The molecule has 0 bridgehead atoms. The van der Waals surface area contributed by atoms with Crippen molar-refractivity contribution in [3.8, 4) is 0 Å². The summed E-state index contributed by atoms with van der Waals surface area (Å²) in [6, 6.07) is 0.615. The number of piperazine rings is 1. The molecule has 2 heterocycles. The largest absolute Gasteiger partial charge is 0.386 e. The van der Waals surface area contributed by atoms with E-state index >= 15 is 0 Å². The molecule has 2 aliphatic heterocycles. The number of nitrogens with two attached hydrogens (primary N) is 1. The lowest BCUT2D eigenvalue weighted by molar-refractivity contribution is -0.131. The Balaban J connectivity index is 1.84. The maximum atomic E-state index is 11.5. The van der Waals surface area contributed by atoms with E-state index in [0.717, 1.165) is 45.6 Å². The molecule has 0 spiro atoms. The van der Waals surface area contributed by atoms with Gasteiger partial charge < -0.3 is 16.0 Å². The second kappa shape index (κ2) is 6.20. The van der Waals surface area contributed by atoms with Crippen molar-refractivity contribution in [1.29, 1.82) is 0 Å². The molecule has 18 heavy (non-hydrogen) atoms. The first-order valence-electron chi connectivity index (χ1n) is 6.85. The number of likely N-dealkylation sites (tertiary alicyclic amines) is 1. The number of piperidine rings is 1. The summed E-state index contributed by atoms with van der Waals surface area (Å²) in [7, 11) is 0. The van der Waals surface area contributed by atoms with Crippen LogP contribution >= 0.6 is 0 Å². The second-order valence-electron chi connectivity index (χ2n) is 5.03. The van der Waals surface area contributed by atoms with Crippen molar-refractivity contribution >= 4 is 5.91 Å². The molecule has 1 amide bonds. The first kappa shape index (κ1) is 13.4. The summed E-state index contributed by atoms with van der Waals surface area (Å²) in [6.45, 7) is 7.08. The van der Waals surface area contributed by atoms with Gasteiger partial charge in [-0.2, -0.15) is 0 Å². The first-order valence-corrected chi connectivity index (χ1v) is 6.85. The molecule has 3 N–H and O–H groups in total. The average Bonchev–Trinajstić information content (AvgIpc) is 2.46. The summed E-state index contributed by atoms with van der Waals surface area (Å²) in [5.41, 5.74) is 6.72. The number of nitrogens with zero attached hydrogens (tertiary/aromatic N) is 2. The Kier molecular flexibility index (Phi) is 4.60. The zero-order chi connectivity index (χ0) is 13.0. The molecule has 0 atom stereocenters. The zero-order valence-corrected chi connectivity index (χ0v) is 11.2. The highest BCUT2D eigenvalue weighted by atomic mass is 16.2. The molecular formula is C13H24N4O. The Morgan fingerprint density at radius 2 is 2.17 bits per heavy atom.